The molecule has 0 fully saturated rings. The number of carbonyl (C=O) groups excluding carboxylic acids is 1. The maximum Gasteiger partial charge on any atom is 0.243 e. The molecule has 3 nitrogen and oxygen atoms in total. The van der Waals surface area contributed by atoms with Gasteiger partial charge in [-0.15, -0.1) is 0 Å². The van der Waals surface area contributed by atoms with Crippen LogP contribution in [0.5, 0.6) is 0 Å². The molecule has 0 aliphatic rings. The van der Waals surface area contributed by atoms with Gasteiger partial charge in [-0.3, -0.25) is 4.79 Å². The molecule has 0 aliphatic heterocycles. The molecule has 88 valence electrons. The lowest BCUT2D eigenvalue weighted by Gasteiger charge is -2.31. The van der Waals surface area contributed by atoms with Crippen LogP contribution in [0.3, 0.4) is 0 Å². The predicted octanol–water partition coefficient (Wildman–Crippen LogP) is 1.65. The highest BCUT2D eigenvalue weighted by Gasteiger charge is 2.20. The number of nitrogens with zero attached hydrogens (tertiary/aromatic N) is 1. The highest BCUT2D eigenvalue weighted by atomic mass is 16.1. The van der Waals surface area contributed by atoms with Crippen LogP contribution >= 0.6 is 0 Å². The largest absolute Gasteiger partial charge is 0.351 e. The van der Waals surface area contributed by atoms with E-state index in [1.54, 1.807) is 0 Å². The molecule has 1 atom stereocenters. The Balaban J connectivity index is 4.26. The lowest BCUT2D eigenvalue weighted by molar-refractivity contribution is -0.116. The second kappa shape index (κ2) is 7.46. The van der Waals surface area contributed by atoms with Gasteiger partial charge in [0.05, 0.1) is 0 Å². The van der Waals surface area contributed by atoms with Crippen molar-refractivity contribution in [3.05, 3.63) is 12.7 Å². The van der Waals surface area contributed by atoms with E-state index in [9.17, 15) is 4.79 Å². The van der Waals surface area contributed by atoms with Crippen LogP contribution < -0.4 is 5.32 Å². The Kier molecular flexibility index (Phi) is 7.05. The van der Waals surface area contributed by atoms with Gasteiger partial charge in [0.2, 0.25) is 5.91 Å². The van der Waals surface area contributed by atoms with Gasteiger partial charge < -0.3 is 10.2 Å². The molecule has 0 rings (SSSR count). The summed E-state index contributed by atoms with van der Waals surface area (Å²) in [6, 6.07) is 0.406. The number of hydrogen-bond acceptors (Lipinski definition) is 2. The molecule has 0 bridgehead atoms. The number of rotatable bonds is 7. The van der Waals surface area contributed by atoms with Crippen molar-refractivity contribution in [1.82, 2.24) is 10.2 Å². The summed E-state index contributed by atoms with van der Waals surface area (Å²) in [5.41, 5.74) is 0. The summed E-state index contributed by atoms with van der Waals surface area (Å²) in [7, 11) is 4.12. The van der Waals surface area contributed by atoms with E-state index >= 15 is 0 Å². The zero-order chi connectivity index (χ0) is 11.8. The van der Waals surface area contributed by atoms with Gasteiger partial charge >= 0.3 is 0 Å². The second-order valence-electron chi connectivity index (χ2n) is 4.06. The van der Waals surface area contributed by atoms with Gasteiger partial charge in [0.1, 0.15) is 0 Å². The highest BCUT2D eigenvalue weighted by molar-refractivity contribution is 5.86. The van der Waals surface area contributed by atoms with Crippen molar-refractivity contribution in [3.8, 4) is 0 Å². The third kappa shape index (κ3) is 4.98. The molecule has 1 amide bonds. The normalized spacial score (nSPS) is 12.9. The molecular weight excluding hydrogens is 188 g/mol. The molecule has 0 heterocycles. The zero-order valence-corrected chi connectivity index (χ0v) is 10.4. The van der Waals surface area contributed by atoms with E-state index in [0.29, 0.717) is 18.5 Å². The fourth-order valence-corrected chi connectivity index (χ4v) is 1.88. The maximum atomic E-state index is 11.1. The standard InChI is InChI=1S/C12H24N2O/c1-6-10(7-2)11(14(4)5)9-13-12(15)8-3/h8,10-11H,3,6-7,9H2,1-2,4-5H3,(H,13,15). The average Bonchev–Trinajstić information content (AvgIpc) is 2.23. The summed E-state index contributed by atoms with van der Waals surface area (Å²) in [5, 5.41) is 2.86. The van der Waals surface area contributed by atoms with Crippen LogP contribution in [0.1, 0.15) is 26.7 Å². The second-order valence-corrected chi connectivity index (χ2v) is 4.06. The third-order valence-corrected chi connectivity index (χ3v) is 2.93. The number of likely N-dealkylation sites (N-methyl/N-ethyl adjacent to an activating group) is 1. The first kappa shape index (κ1) is 14.2. The predicted molar refractivity (Wildman–Crippen MR) is 64.8 cm³/mol. The van der Waals surface area contributed by atoms with Crippen LogP contribution in [0, 0.1) is 5.92 Å². The summed E-state index contributed by atoms with van der Waals surface area (Å²) in [6.45, 7) is 8.53. The maximum absolute atomic E-state index is 11.1. The number of amides is 1. The number of carbonyl (C=O) groups is 1. The molecule has 1 unspecified atom stereocenters. The van der Waals surface area contributed by atoms with Crippen molar-refractivity contribution < 1.29 is 4.79 Å². The minimum absolute atomic E-state index is 0.0900. The van der Waals surface area contributed by atoms with E-state index in [1.807, 2.05) is 0 Å². The van der Waals surface area contributed by atoms with Crippen LogP contribution in [0.25, 0.3) is 0 Å². The monoisotopic (exact) mass is 212 g/mol. The Bertz CT molecular complexity index is 198. The van der Waals surface area contributed by atoms with E-state index < -0.39 is 0 Å². The first-order valence-electron chi connectivity index (χ1n) is 5.63. The Morgan fingerprint density at radius 3 is 2.27 bits per heavy atom. The van der Waals surface area contributed by atoms with Gasteiger partial charge in [-0.1, -0.05) is 33.3 Å². The smallest absolute Gasteiger partial charge is 0.243 e. The van der Waals surface area contributed by atoms with Crippen LogP contribution in [0.4, 0.5) is 0 Å². The molecule has 0 aliphatic carbocycles. The first-order chi connectivity index (χ1) is 7.06. The summed E-state index contributed by atoms with van der Waals surface area (Å²) in [6.07, 6.45) is 3.60. The summed E-state index contributed by atoms with van der Waals surface area (Å²) >= 11 is 0. The lowest BCUT2D eigenvalue weighted by Crippen LogP contribution is -2.44. The molecule has 0 aromatic heterocycles. The van der Waals surface area contributed by atoms with Crippen molar-refractivity contribution in [3.63, 3.8) is 0 Å². The number of nitrogens with one attached hydrogen (secondary N) is 1. The Labute approximate surface area is 93.5 Å². The molecule has 0 aromatic carbocycles. The number of hydrogen-bond donors (Lipinski definition) is 1. The Morgan fingerprint density at radius 1 is 1.40 bits per heavy atom. The van der Waals surface area contributed by atoms with Crippen molar-refractivity contribution in [2.75, 3.05) is 20.6 Å². The molecule has 1 N–H and O–H groups in total. The minimum atomic E-state index is -0.0900. The lowest BCUT2D eigenvalue weighted by atomic mass is 9.93. The molecule has 0 saturated carbocycles. The van der Waals surface area contributed by atoms with Crippen LogP contribution in [-0.4, -0.2) is 37.5 Å². The highest BCUT2D eigenvalue weighted by Crippen LogP contribution is 2.16. The van der Waals surface area contributed by atoms with E-state index in [-0.39, 0.29) is 5.91 Å². The fourth-order valence-electron chi connectivity index (χ4n) is 1.88. The van der Waals surface area contributed by atoms with E-state index in [0.717, 1.165) is 12.8 Å². The van der Waals surface area contributed by atoms with Crippen LogP contribution in [-0.2, 0) is 4.79 Å². The van der Waals surface area contributed by atoms with Gasteiger partial charge in [-0.05, 0) is 26.1 Å². The molecule has 0 aromatic rings. The molecule has 0 spiro atoms. The van der Waals surface area contributed by atoms with Gasteiger partial charge in [0.25, 0.3) is 0 Å². The van der Waals surface area contributed by atoms with Crippen LogP contribution in [0.15, 0.2) is 12.7 Å². The van der Waals surface area contributed by atoms with E-state index in [2.05, 4.69) is 44.7 Å². The van der Waals surface area contributed by atoms with Crippen molar-refractivity contribution in [1.29, 1.82) is 0 Å². The summed E-state index contributed by atoms with van der Waals surface area (Å²) in [5.74, 6) is 0.540. The molecule has 15 heavy (non-hydrogen) atoms. The Hall–Kier alpha value is -0.830. The van der Waals surface area contributed by atoms with Crippen molar-refractivity contribution in [2.24, 2.45) is 5.92 Å². The van der Waals surface area contributed by atoms with Gasteiger partial charge in [-0.25, -0.2) is 0 Å². The van der Waals surface area contributed by atoms with E-state index in [1.165, 1.54) is 6.08 Å². The molecule has 3 heteroatoms. The van der Waals surface area contributed by atoms with Crippen molar-refractivity contribution >= 4 is 5.91 Å². The quantitative estimate of drug-likeness (QED) is 0.651. The average molecular weight is 212 g/mol. The molecule has 0 saturated heterocycles. The van der Waals surface area contributed by atoms with Gasteiger partial charge in [0.15, 0.2) is 0 Å². The first-order valence-corrected chi connectivity index (χ1v) is 5.63. The molecular formula is C12H24N2O. The fraction of sp³-hybridized carbons (Fsp3) is 0.750. The third-order valence-electron chi connectivity index (χ3n) is 2.93. The summed E-state index contributed by atoms with van der Waals surface area (Å²) in [4.78, 5) is 13.3. The van der Waals surface area contributed by atoms with Gasteiger partial charge in [0, 0.05) is 12.6 Å². The van der Waals surface area contributed by atoms with Crippen LogP contribution in [0.2, 0.25) is 0 Å². The Morgan fingerprint density at radius 2 is 1.93 bits per heavy atom. The molecule has 0 radical (unpaired) electrons. The summed E-state index contributed by atoms with van der Waals surface area (Å²) < 4.78 is 0. The van der Waals surface area contributed by atoms with E-state index in [4.69, 9.17) is 0 Å². The van der Waals surface area contributed by atoms with Crippen molar-refractivity contribution in [2.45, 2.75) is 32.7 Å². The minimum Gasteiger partial charge on any atom is -0.351 e. The zero-order valence-electron chi connectivity index (χ0n) is 10.4. The topological polar surface area (TPSA) is 32.3 Å². The van der Waals surface area contributed by atoms with Gasteiger partial charge in [-0.2, -0.15) is 0 Å². The SMILES string of the molecule is C=CC(=O)NCC(C(CC)CC)N(C)C.